The predicted octanol–water partition coefficient (Wildman–Crippen LogP) is 3.95. The zero-order valence-corrected chi connectivity index (χ0v) is 17.8. The molecule has 0 saturated carbocycles. The molecule has 0 aliphatic rings. The number of carbonyl (C=O) groups excluding carboxylic acids is 2. The number of nitrogens with zero attached hydrogens (tertiary/aromatic N) is 1. The van der Waals surface area contributed by atoms with Crippen molar-refractivity contribution in [1.29, 1.82) is 0 Å². The molecule has 0 aromatic heterocycles. The average Bonchev–Trinajstić information content (AvgIpc) is 2.65. The van der Waals surface area contributed by atoms with Gasteiger partial charge in [-0.1, -0.05) is 35.9 Å². The lowest BCUT2D eigenvalue weighted by atomic mass is 10.1. The fourth-order valence-corrected chi connectivity index (χ4v) is 3.37. The van der Waals surface area contributed by atoms with E-state index in [1.165, 1.54) is 4.90 Å². The smallest absolute Gasteiger partial charge is 0.261 e. The van der Waals surface area contributed by atoms with Crippen molar-refractivity contribution in [3.05, 3.63) is 63.1 Å². The molecule has 0 fully saturated rings. The van der Waals surface area contributed by atoms with Gasteiger partial charge in [-0.3, -0.25) is 9.59 Å². The first-order chi connectivity index (χ1) is 12.8. The lowest BCUT2D eigenvalue weighted by Gasteiger charge is -2.29. The number of likely N-dealkylation sites (N-methyl/N-ethyl adjacent to an activating group) is 1. The second kappa shape index (κ2) is 9.76. The standard InChI is InChI=1S/C20H22BrClN2O3/c1-13-6-4-5-7-15(13)11-24(14(2)20(26)23-3)19(25)12-27-18-9-8-16(22)10-17(18)21/h4-10,14H,11-12H2,1-3H3,(H,23,26)/t14-/m0/s1. The van der Waals surface area contributed by atoms with Gasteiger partial charge in [-0.25, -0.2) is 0 Å². The van der Waals surface area contributed by atoms with E-state index >= 15 is 0 Å². The summed E-state index contributed by atoms with van der Waals surface area (Å²) in [5.74, 6) is -0.00278. The Morgan fingerprint density at radius 2 is 1.96 bits per heavy atom. The molecule has 0 bridgehead atoms. The van der Waals surface area contributed by atoms with Crippen LogP contribution in [0.4, 0.5) is 0 Å². The van der Waals surface area contributed by atoms with E-state index in [1.807, 2.05) is 31.2 Å². The van der Waals surface area contributed by atoms with Crippen LogP contribution in [0.2, 0.25) is 5.02 Å². The maximum atomic E-state index is 12.9. The predicted molar refractivity (Wildman–Crippen MR) is 110 cm³/mol. The van der Waals surface area contributed by atoms with E-state index < -0.39 is 6.04 Å². The second-order valence-electron chi connectivity index (χ2n) is 6.10. The number of ether oxygens (including phenoxy) is 1. The number of hydrogen-bond donors (Lipinski definition) is 1. The minimum atomic E-state index is -0.626. The third-order valence-corrected chi connectivity index (χ3v) is 5.12. The monoisotopic (exact) mass is 452 g/mol. The Morgan fingerprint density at radius 1 is 1.26 bits per heavy atom. The van der Waals surface area contributed by atoms with Crippen molar-refractivity contribution in [2.45, 2.75) is 26.4 Å². The van der Waals surface area contributed by atoms with Gasteiger partial charge in [0, 0.05) is 18.6 Å². The van der Waals surface area contributed by atoms with Crippen LogP contribution >= 0.6 is 27.5 Å². The number of rotatable bonds is 7. The van der Waals surface area contributed by atoms with E-state index in [2.05, 4.69) is 21.2 Å². The molecule has 0 aliphatic carbocycles. The molecule has 27 heavy (non-hydrogen) atoms. The van der Waals surface area contributed by atoms with E-state index in [1.54, 1.807) is 32.2 Å². The van der Waals surface area contributed by atoms with E-state index in [9.17, 15) is 9.59 Å². The molecule has 0 spiro atoms. The molecule has 2 aromatic rings. The summed E-state index contributed by atoms with van der Waals surface area (Å²) in [7, 11) is 1.55. The van der Waals surface area contributed by atoms with Crippen LogP contribution in [-0.4, -0.2) is 36.4 Å². The number of amides is 2. The van der Waals surface area contributed by atoms with E-state index in [4.69, 9.17) is 16.3 Å². The molecule has 0 unspecified atom stereocenters. The number of nitrogens with one attached hydrogen (secondary N) is 1. The van der Waals surface area contributed by atoms with E-state index in [0.29, 0.717) is 21.8 Å². The number of aryl methyl sites for hydroxylation is 1. The molecule has 0 aliphatic heterocycles. The molecule has 5 nitrogen and oxygen atoms in total. The van der Waals surface area contributed by atoms with Crippen LogP contribution in [0.5, 0.6) is 5.75 Å². The van der Waals surface area contributed by atoms with Gasteiger partial charge in [-0.05, 0) is 59.1 Å². The summed E-state index contributed by atoms with van der Waals surface area (Å²) < 4.78 is 6.30. The Kier molecular flexibility index (Phi) is 7.68. The van der Waals surface area contributed by atoms with Crippen LogP contribution in [0.3, 0.4) is 0 Å². The van der Waals surface area contributed by atoms with Crippen LogP contribution in [0.1, 0.15) is 18.1 Å². The molecule has 2 rings (SSSR count). The fraction of sp³-hybridized carbons (Fsp3) is 0.300. The molecule has 144 valence electrons. The minimum absolute atomic E-state index is 0.187. The Morgan fingerprint density at radius 3 is 2.59 bits per heavy atom. The molecular weight excluding hydrogens is 432 g/mol. The maximum absolute atomic E-state index is 12.9. The first-order valence-electron chi connectivity index (χ1n) is 8.47. The van der Waals surface area contributed by atoms with Crippen molar-refractivity contribution < 1.29 is 14.3 Å². The topological polar surface area (TPSA) is 58.6 Å². The molecule has 0 heterocycles. The van der Waals surface area contributed by atoms with Crippen molar-refractivity contribution in [1.82, 2.24) is 10.2 Å². The molecule has 2 amide bonds. The van der Waals surface area contributed by atoms with Crippen LogP contribution in [0, 0.1) is 6.92 Å². The summed E-state index contributed by atoms with van der Waals surface area (Å²) in [6.07, 6.45) is 0. The van der Waals surface area contributed by atoms with Gasteiger partial charge in [0.05, 0.1) is 4.47 Å². The van der Waals surface area contributed by atoms with E-state index in [-0.39, 0.29) is 18.4 Å². The van der Waals surface area contributed by atoms with Gasteiger partial charge in [0.1, 0.15) is 11.8 Å². The van der Waals surface area contributed by atoms with Crippen LogP contribution in [-0.2, 0) is 16.1 Å². The SMILES string of the molecule is CNC(=O)[C@H](C)N(Cc1ccccc1C)C(=O)COc1ccc(Cl)cc1Br. The Labute approximate surface area is 172 Å². The Balaban J connectivity index is 2.17. The summed E-state index contributed by atoms with van der Waals surface area (Å²) in [5, 5.41) is 3.16. The molecule has 0 saturated heterocycles. The highest BCUT2D eigenvalue weighted by Gasteiger charge is 2.26. The third kappa shape index (κ3) is 5.71. The molecule has 0 radical (unpaired) electrons. The molecule has 7 heteroatoms. The quantitative estimate of drug-likeness (QED) is 0.690. The second-order valence-corrected chi connectivity index (χ2v) is 7.39. The average molecular weight is 454 g/mol. The maximum Gasteiger partial charge on any atom is 0.261 e. The summed E-state index contributed by atoms with van der Waals surface area (Å²) in [6.45, 7) is 3.82. The largest absolute Gasteiger partial charge is 0.483 e. The van der Waals surface area contributed by atoms with Crippen molar-refractivity contribution in [2.24, 2.45) is 0 Å². The highest BCUT2D eigenvalue weighted by atomic mass is 79.9. The Hall–Kier alpha value is -2.05. The van der Waals surface area contributed by atoms with Gasteiger partial charge in [-0.15, -0.1) is 0 Å². The third-order valence-electron chi connectivity index (χ3n) is 4.26. The lowest BCUT2D eigenvalue weighted by molar-refractivity contribution is -0.142. The first kappa shape index (κ1) is 21.3. The van der Waals surface area contributed by atoms with Gasteiger partial charge >= 0.3 is 0 Å². The number of benzene rings is 2. The Bertz CT molecular complexity index is 829. The van der Waals surface area contributed by atoms with Crippen LogP contribution in [0.15, 0.2) is 46.9 Å². The summed E-state index contributed by atoms with van der Waals surface area (Å²) in [4.78, 5) is 26.5. The van der Waals surface area contributed by atoms with Gasteiger partial charge in [0.25, 0.3) is 5.91 Å². The normalized spacial score (nSPS) is 11.6. The number of hydrogen-bond acceptors (Lipinski definition) is 3. The van der Waals surface area contributed by atoms with Gasteiger partial charge < -0.3 is 15.0 Å². The highest BCUT2D eigenvalue weighted by molar-refractivity contribution is 9.10. The van der Waals surface area contributed by atoms with Crippen molar-refractivity contribution in [3.63, 3.8) is 0 Å². The lowest BCUT2D eigenvalue weighted by Crippen LogP contribution is -2.48. The van der Waals surface area contributed by atoms with Gasteiger partial charge in [-0.2, -0.15) is 0 Å². The van der Waals surface area contributed by atoms with Crippen molar-refractivity contribution in [2.75, 3.05) is 13.7 Å². The zero-order valence-electron chi connectivity index (χ0n) is 15.5. The van der Waals surface area contributed by atoms with Gasteiger partial charge in [0.2, 0.25) is 5.91 Å². The van der Waals surface area contributed by atoms with Gasteiger partial charge in [0.15, 0.2) is 6.61 Å². The number of halogens is 2. The molecule has 2 aromatic carbocycles. The van der Waals surface area contributed by atoms with Crippen molar-refractivity contribution in [3.8, 4) is 5.75 Å². The molecular formula is C20H22BrClN2O3. The first-order valence-corrected chi connectivity index (χ1v) is 9.64. The molecule has 1 N–H and O–H groups in total. The van der Waals surface area contributed by atoms with Crippen LogP contribution in [0.25, 0.3) is 0 Å². The van der Waals surface area contributed by atoms with Crippen LogP contribution < -0.4 is 10.1 Å². The summed E-state index contributed by atoms with van der Waals surface area (Å²) >= 11 is 9.28. The van der Waals surface area contributed by atoms with E-state index in [0.717, 1.165) is 11.1 Å². The zero-order chi connectivity index (χ0) is 20.0. The summed E-state index contributed by atoms with van der Waals surface area (Å²) in [6, 6.07) is 12.2. The number of carbonyl (C=O) groups is 2. The summed E-state index contributed by atoms with van der Waals surface area (Å²) in [5.41, 5.74) is 2.04. The van der Waals surface area contributed by atoms with Crippen molar-refractivity contribution >= 4 is 39.3 Å². The molecule has 1 atom stereocenters. The highest BCUT2D eigenvalue weighted by Crippen LogP contribution is 2.28. The minimum Gasteiger partial charge on any atom is -0.483 e. The fourth-order valence-electron chi connectivity index (χ4n) is 2.58.